The fourth-order valence-electron chi connectivity index (χ4n) is 1.81. The molecule has 0 bridgehead atoms. The van der Waals surface area contributed by atoms with E-state index in [2.05, 4.69) is 5.32 Å². The van der Waals surface area contributed by atoms with Crippen LogP contribution in [0.2, 0.25) is 0 Å². The Morgan fingerprint density at radius 2 is 2.10 bits per heavy atom. The average Bonchev–Trinajstić information content (AvgIpc) is 2.91. The predicted molar refractivity (Wildman–Crippen MR) is 70.1 cm³/mol. The Hall–Kier alpha value is -2.31. The van der Waals surface area contributed by atoms with Crippen molar-refractivity contribution >= 4 is 17.8 Å². The number of likely N-dealkylation sites (N-methyl/N-ethyl adjacent to an activating group) is 1. The Bertz CT molecular complexity index is 483. The van der Waals surface area contributed by atoms with Crippen molar-refractivity contribution in [1.29, 1.82) is 0 Å². The maximum atomic E-state index is 12.1. The molecule has 20 heavy (non-hydrogen) atoms. The van der Waals surface area contributed by atoms with Crippen LogP contribution in [0.5, 0.6) is 0 Å². The molecule has 0 fully saturated rings. The monoisotopic (exact) mass is 282 g/mol. The number of rotatable bonds is 6. The summed E-state index contributed by atoms with van der Waals surface area (Å²) >= 11 is 0. The smallest absolute Gasteiger partial charge is 0.326 e. The fraction of sp³-hybridized carbons (Fsp3) is 0.462. The van der Waals surface area contributed by atoms with Gasteiger partial charge in [0.05, 0.1) is 6.26 Å². The number of amides is 2. The summed E-state index contributed by atoms with van der Waals surface area (Å²) in [6.45, 7) is 3.17. The minimum absolute atomic E-state index is 0.0950. The molecule has 2 amide bonds. The molecule has 110 valence electrons. The highest BCUT2D eigenvalue weighted by Crippen LogP contribution is 2.06. The quantitative estimate of drug-likeness (QED) is 0.800. The van der Waals surface area contributed by atoms with E-state index in [4.69, 9.17) is 9.52 Å². The highest BCUT2D eigenvalue weighted by Gasteiger charge is 2.28. The summed E-state index contributed by atoms with van der Waals surface area (Å²) in [6.07, 6.45) is 1.64. The maximum Gasteiger partial charge on any atom is 0.326 e. The summed E-state index contributed by atoms with van der Waals surface area (Å²) in [5, 5.41) is 11.5. The zero-order valence-electron chi connectivity index (χ0n) is 11.6. The van der Waals surface area contributed by atoms with Crippen LogP contribution < -0.4 is 5.32 Å². The van der Waals surface area contributed by atoms with Crippen LogP contribution in [0.3, 0.4) is 0 Å². The molecule has 2 N–H and O–H groups in total. The van der Waals surface area contributed by atoms with Gasteiger partial charge in [-0.15, -0.1) is 0 Å². The number of carboxylic acids is 1. The van der Waals surface area contributed by atoms with Crippen LogP contribution in [0.4, 0.5) is 0 Å². The van der Waals surface area contributed by atoms with Crippen LogP contribution in [0.25, 0.3) is 0 Å². The van der Waals surface area contributed by atoms with Crippen LogP contribution in [0.1, 0.15) is 30.8 Å². The third-order valence-corrected chi connectivity index (χ3v) is 2.95. The summed E-state index contributed by atoms with van der Waals surface area (Å²) in [5.41, 5.74) is 0. The van der Waals surface area contributed by atoms with Gasteiger partial charge in [-0.25, -0.2) is 4.79 Å². The van der Waals surface area contributed by atoms with Gasteiger partial charge < -0.3 is 19.7 Å². The molecule has 1 aromatic rings. The van der Waals surface area contributed by atoms with E-state index in [0.717, 1.165) is 4.90 Å². The highest BCUT2D eigenvalue weighted by molar-refractivity contribution is 5.96. The second-order valence-corrected chi connectivity index (χ2v) is 4.38. The van der Waals surface area contributed by atoms with Crippen molar-refractivity contribution < 1.29 is 23.9 Å². The van der Waals surface area contributed by atoms with Crippen LogP contribution >= 0.6 is 0 Å². The lowest BCUT2D eigenvalue weighted by Crippen LogP contribution is -2.50. The molecule has 1 heterocycles. The van der Waals surface area contributed by atoms with E-state index in [1.807, 2.05) is 0 Å². The Labute approximate surface area is 116 Å². The first-order valence-corrected chi connectivity index (χ1v) is 6.22. The van der Waals surface area contributed by atoms with Crippen LogP contribution in [-0.4, -0.2) is 46.9 Å². The lowest BCUT2D eigenvalue weighted by atomic mass is 10.1. The summed E-state index contributed by atoms with van der Waals surface area (Å²) in [5.74, 6) is -1.97. The van der Waals surface area contributed by atoms with Crippen LogP contribution in [0.15, 0.2) is 22.8 Å². The van der Waals surface area contributed by atoms with Crippen molar-refractivity contribution in [3.63, 3.8) is 0 Å². The molecule has 7 nitrogen and oxygen atoms in total. The number of aliphatic carboxylic acids is 1. The minimum atomic E-state index is -1.08. The third-order valence-electron chi connectivity index (χ3n) is 2.95. The van der Waals surface area contributed by atoms with Crippen molar-refractivity contribution in [1.82, 2.24) is 10.2 Å². The number of carbonyl (C=O) groups excluding carboxylic acids is 2. The largest absolute Gasteiger partial charge is 0.480 e. The molecule has 2 atom stereocenters. The predicted octanol–water partition coefficient (Wildman–Crippen LogP) is 0.720. The third kappa shape index (κ3) is 3.59. The second kappa shape index (κ2) is 6.74. The molecule has 1 rings (SSSR count). The molecule has 7 heteroatoms. The Kier molecular flexibility index (Phi) is 5.31. The van der Waals surface area contributed by atoms with E-state index >= 15 is 0 Å². The molecule has 0 aromatic carbocycles. The summed E-state index contributed by atoms with van der Waals surface area (Å²) < 4.78 is 4.91. The number of furan rings is 1. The van der Waals surface area contributed by atoms with Gasteiger partial charge in [0.1, 0.15) is 12.1 Å². The van der Waals surface area contributed by atoms with Gasteiger partial charge in [0.2, 0.25) is 5.91 Å². The zero-order valence-corrected chi connectivity index (χ0v) is 11.6. The van der Waals surface area contributed by atoms with Crippen molar-refractivity contribution in [2.75, 3.05) is 7.05 Å². The van der Waals surface area contributed by atoms with Crippen molar-refractivity contribution in [3.05, 3.63) is 24.2 Å². The van der Waals surface area contributed by atoms with Crippen molar-refractivity contribution in [2.24, 2.45) is 0 Å². The average molecular weight is 282 g/mol. The topological polar surface area (TPSA) is 99.9 Å². The first kappa shape index (κ1) is 15.7. The van der Waals surface area contributed by atoms with Crippen LogP contribution in [-0.2, 0) is 9.59 Å². The lowest BCUT2D eigenvalue weighted by molar-refractivity contribution is -0.149. The van der Waals surface area contributed by atoms with E-state index in [0.29, 0.717) is 0 Å². The molecule has 0 aliphatic carbocycles. The van der Waals surface area contributed by atoms with E-state index in [-0.39, 0.29) is 12.2 Å². The fourth-order valence-corrected chi connectivity index (χ4v) is 1.81. The van der Waals surface area contributed by atoms with Gasteiger partial charge in [0.25, 0.3) is 5.91 Å². The van der Waals surface area contributed by atoms with E-state index in [1.165, 1.54) is 26.3 Å². The lowest BCUT2D eigenvalue weighted by Gasteiger charge is -2.26. The Morgan fingerprint density at radius 1 is 1.45 bits per heavy atom. The summed E-state index contributed by atoms with van der Waals surface area (Å²) in [7, 11) is 1.40. The van der Waals surface area contributed by atoms with Gasteiger partial charge >= 0.3 is 5.97 Å². The molecule has 0 aliphatic rings. The van der Waals surface area contributed by atoms with Gasteiger partial charge in [-0.1, -0.05) is 6.92 Å². The number of hydrogen-bond acceptors (Lipinski definition) is 4. The maximum absolute atomic E-state index is 12.1. The van der Waals surface area contributed by atoms with Crippen molar-refractivity contribution in [2.45, 2.75) is 32.4 Å². The van der Waals surface area contributed by atoms with Gasteiger partial charge in [-0.2, -0.15) is 0 Å². The van der Waals surface area contributed by atoms with Gasteiger partial charge in [0, 0.05) is 7.05 Å². The summed E-state index contributed by atoms with van der Waals surface area (Å²) in [4.78, 5) is 35.9. The number of carboxylic acid groups (broad SMARTS) is 1. The number of nitrogens with zero attached hydrogens (tertiary/aromatic N) is 1. The second-order valence-electron chi connectivity index (χ2n) is 4.38. The molecule has 0 saturated heterocycles. The minimum Gasteiger partial charge on any atom is -0.480 e. The summed E-state index contributed by atoms with van der Waals surface area (Å²) in [6, 6.07) is 1.28. The first-order chi connectivity index (χ1) is 9.38. The SMILES string of the molecule is CCC(C(=O)O)N(C)C(=O)C(C)NC(=O)c1ccco1. The van der Waals surface area contributed by atoms with Gasteiger partial charge in [-0.3, -0.25) is 9.59 Å². The van der Waals surface area contributed by atoms with E-state index < -0.39 is 29.9 Å². The molecular weight excluding hydrogens is 264 g/mol. The van der Waals surface area contributed by atoms with E-state index in [9.17, 15) is 14.4 Å². The molecule has 0 spiro atoms. The number of carbonyl (C=O) groups is 3. The molecule has 0 saturated carbocycles. The first-order valence-electron chi connectivity index (χ1n) is 6.22. The number of hydrogen-bond donors (Lipinski definition) is 2. The zero-order chi connectivity index (χ0) is 15.3. The molecule has 0 aliphatic heterocycles. The molecular formula is C13H18N2O5. The van der Waals surface area contributed by atoms with Crippen LogP contribution in [0, 0.1) is 0 Å². The molecule has 0 radical (unpaired) electrons. The molecule has 1 aromatic heterocycles. The number of nitrogens with one attached hydrogen (secondary N) is 1. The normalized spacial score (nSPS) is 13.3. The van der Waals surface area contributed by atoms with Gasteiger partial charge in [0.15, 0.2) is 5.76 Å². The van der Waals surface area contributed by atoms with Gasteiger partial charge in [-0.05, 0) is 25.5 Å². The highest BCUT2D eigenvalue weighted by atomic mass is 16.4. The Balaban J connectivity index is 2.67. The van der Waals surface area contributed by atoms with Crippen molar-refractivity contribution in [3.8, 4) is 0 Å². The van der Waals surface area contributed by atoms with E-state index in [1.54, 1.807) is 13.0 Å². The standard InChI is InChI=1S/C13H18N2O5/c1-4-9(13(18)19)15(3)12(17)8(2)14-11(16)10-6-5-7-20-10/h5-9H,4H2,1-3H3,(H,14,16)(H,18,19). The molecule has 2 unspecified atom stereocenters. The Morgan fingerprint density at radius 3 is 2.55 bits per heavy atom.